The minimum atomic E-state index is -2.16. The van der Waals surface area contributed by atoms with Crippen LogP contribution in [0, 0.1) is 13.7 Å². The van der Waals surface area contributed by atoms with Gasteiger partial charge in [0.15, 0.2) is 0 Å². The van der Waals surface area contributed by atoms with Crippen molar-refractivity contribution in [3.8, 4) is 0 Å². The molecule has 0 radical (unpaired) electrons. The summed E-state index contributed by atoms with van der Waals surface area (Å²) >= 11 is 1.38. The summed E-state index contributed by atoms with van der Waals surface area (Å²) in [6.45, 7) is -4.31. The highest BCUT2D eigenvalue weighted by atomic mass is 32.2. The molecule has 0 spiro atoms. The zero-order valence-electron chi connectivity index (χ0n) is 14.4. The molecule has 0 amide bonds. The van der Waals surface area contributed by atoms with Crippen molar-refractivity contribution >= 4 is 23.1 Å². The van der Waals surface area contributed by atoms with Crippen molar-refractivity contribution in [3.05, 3.63) is 47.5 Å². The second-order valence-electron chi connectivity index (χ2n) is 3.65. The predicted octanol–water partition coefficient (Wildman–Crippen LogP) is 4.51. The summed E-state index contributed by atoms with van der Waals surface area (Å²) < 4.78 is 44.9. The van der Waals surface area contributed by atoms with Gasteiger partial charge in [0.1, 0.15) is 0 Å². The monoisotopic (exact) mass is 233 g/mol. The summed E-state index contributed by atoms with van der Waals surface area (Å²) in [7, 11) is 0. The summed E-state index contributed by atoms with van der Waals surface area (Å²) in [5.74, 6) is 0. The number of anilines is 2. The van der Waals surface area contributed by atoms with Crippen LogP contribution < -0.4 is 5.32 Å². The average Bonchev–Trinajstić information content (AvgIpc) is 2.41. The summed E-state index contributed by atoms with van der Waals surface area (Å²) in [6, 6.07) is 9.91. The van der Waals surface area contributed by atoms with Crippen LogP contribution in [0.4, 0.5) is 11.4 Å². The first kappa shape index (κ1) is 5.28. The fourth-order valence-electron chi connectivity index (χ4n) is 1.68. The standard InChI is InChI=1S/C14H13NS/c1-9-3-5-11-13(7-9)16-14-8-10(2)4-6-12(14)15-11/h3-8,15H,1-2H3/i1D3,2D3. The normalized spacial score (nSPS) is 19.8. The summed E-state index contributed by atoms with van der Waals surface area (Å²) in [5.41, 5.74) is 2.20. The van der Waals surface area contributed by atoms with Gasteiger partial charge in [0.05, 0.1) is 11.4 Å². The van der Waals surface area contributed by atoms with Crippen molar-refractivity contribution in [3.63, 3.8) is 0 Å². The summed E-state index contributed by atoms with van der Waals surface area (Å²) in [6.07, 6.45) is 0. The Bertz CT molecular complexity index is 674. The van der Waals surface area contributed by atoms with E-state index in [0.717, 1.165) is 21.2 Å². The van der Waals surface area contributed by atoms with Gasteiger partial charge in [0.25, 0.3) is 0 Å². The van der Waals surface area contributed by atoms with Gasteiger partial charge >= 0.3 is 0 Å². The van der Waals surface area contributed by atoms with E-state index >= 15 is 0 Å². The van der Waals surface area contributed by atoms with E-state index in [-0.39, 0.29) is 11.1 Å². The number of benzene rings is 2. The van der Waals surface area contributed by atoms with Crippen LogP contribution in [0.3, 0.4) is 0 Å². The van der Waals surface area contributed by atoms with Gasteiger partial charge in [-0.3, -0.25) is 0 Å². The zero-order valence-corrected chi connectivity index (χ0v) is 9.19. The Labute approximate surface area is 108 Å². The van der Waals surface area contributed by atoms with Crippen molar-refractivity contribution in [1.82, 2.24) is 0 Å². The van der Waals surface area contributed by atoms with Gasteiger partial charge in [-0.15, -0.1) is 0 Å². The number of aryl methyl sites for hydroxylation is 2. The fourth-order valence-corrected chi connectivity index (χ4v) is 2.75. The summed E-state index contributed by atoms with van der Waals surface area (Å²) in [4.78, 5) is 1.56. The number of rotatable bonds is 0. The highest BCUT2D eigenvalue weighted by Crippen LogP contribution is 2.44. The van der Waals surface area contributed by atoms with Crippen LogP contribution in [0.1, 0.15) is 19.4 Å². The lowest BCUT2D eigenvalue weighted by atomic mass is 10.2. The van der Waals surface area contributed by atoms with Crippen molar-refractivity contribution < 1.29 is 8.22 Å². The van der Waals surface area contributed by atoms with Gasteiger partial charge < -0.3 is 5.32 Å². The maximum Gasteiger partial charge on any atom is 0.0526 e. The molecule has 0 atom stereocenters. The van der Waals surface area contributed by atoms with Crippen molar-refractivity contribution in [2.45, 2.75) is 23.5 Å². The van der Waals surface area contributed by atoms with E-state index in [0.29, 0.717) is 0 Å². The number of hydrogen-bond acceptors (Lipinski definition) is 2. The summed E-state index contributed by atoms with van der Waals surface area (Å²) in [5, 5.41) is 3.21. The van der Waals surface area contributed by atoms with Crippen LogP contribution in [-0.4, -0.2) is 0 Å². The minimum Gasteiger partial charge on any atom is -0.354 e. The maximum absolute atomic E-state index is 7.48. The van der Waals surface area contributed by atoms with Crippen molar-refractivity contribution in [1.29, 1.82) is 0 Å². The highest BCUT2D eigenvalue weighted by molar-refractivity contribution is 7.99. The first-order valence-electron chi connectivity index (χ1n) is 7.88. The third kappa shape index (κ3) is 1.59. The van der Waals surface area contributed by atoms with E-state index in [1.165, 1.54) is 11.8 Å². The van der Waals surface area contributed by atoms with E-state index < -0.39 is 13.7 Å². The third-order valence-corrected chi connectivity index (χ3v) is 3.57. The van der Waals surface area contributed by atoms with E-state index in [1.54, 1.807) is 36.4 Å². The molecule has 2 heteroatoms. The molecule has 80 valence electrons. The van der Waals surface area contributed by atoms with Crippen LogP contribution in [0.5, 0.6) is 0 Å². The molecule has 0 unspecified atom stereocenters. The number of fused-ring (bicyclic) bond motifs is 2. The van der Waals surface area contributed by atoms with Gasteiger partial charge in [0.2, 0.25) is 0 Å². The molecule has 3 rings (SSSR count). The van der Waals surface area contributed by atoms with Gasteiger partial charge in [0, 0.05) is 18.0 Å². The molecule has 0 saturated carbocycles. The zero-order chi connectivity index (χ0) is 16.1. The Morgan fingerprint density at radius 3 is 2.00 bits per heavy atom. The molecule has 1 aliphatic heterocycles. The molecular formula is C14H13NS. The molecule has 0 saturated heterocycles. The fraction of sp³-hybridized carbons (Fsp3) is 0.143. The smallest absolute Gasteiger partial charge is 0.0526 e. The molecule has 1 nitrogen and oxygen atoms in total. The van der Waals surface area contributed by atoms with E-state index in [1.807, 2.05) is 0 Å². The Balaban J connectivity index is 2.00. The van der Waals surface area contributed by atoms with Crippen molar-refractivity contribution in [2.75, 3.05) is 5.32 Å². The number of nitrogens with one attached hydrogen (secondary N) is 1. The topological polar surface area (TPSA) is 12.0 Å². The lowest BCUT2D eigenvalue weighted by Gasteiger charge is -2.21. The molecule has 16 heavy (non-hydrogen) atoms. The van der Waals surface area contributed by atoms with E-state index in [2.05, 4.69) is 5.32 Å². The van der Waals surface area contributed by atoms with Gasteiger partial charge in [-0.05, 0) is 49.1 Å². The quantitative estimate of drug-likeness (QED) is 0.613. The molecule has 0 aliphatic carbocycles. The van der Waals surface area contributed by atoms with Crippen LogP contribution in [-0.2, 0) is 0 Å². The van der Waals surface area contributed by atoms with Gasteiger partial charge in [-0.2, -0.15) is 0 Å². The van der Waals surface area contributed by atoms with Crippen LogP contribution in [0.2, 0.25) is 0 Å². The molecular weight excluding hydrogens is 214 g/mol. The highest BCUT2D eigenvalue weighted by Gasteiger charge is 2.15. The molecule has 2 aromatic rings. The Hall–Kier alpha value is -1.41. The molecule has 1 heterocycles. The SMILES string of the molecule is [2H]C([2H])([2H])c1ccc2c(c1)Sc1cc(C([2H])([2H])[2H])ccc1N2. The molecule has 2 aromatic carbocycles. The molecule has 1 N–H and O–H groups in total. The predicted molar refractivity (Wildman–Crippen MR) is 69.8 cm³/mol. The average molecular weight is 233 g/mol. The number of hydrogen-bond donors (Lipinski definition) is 1. The van der Waals surface area contributed by atoms with Crippen LogP contribution >= 0.6 is 11.8 Å². The lowest BCUT2D eigenvalue weighted by Crippen LogP contribution is -1.99. The molecule has 0 fully saturated rings. The first-order valence-corrected chi connectivity index (χ1v) is 5.70. The second-order valence-corrected chi connectivity index (χ2v) is 4.73. The maximum atomic E-state index is 7.48. The van der Waals surface area contributed by atoms with E-state index in [9.17, 15) is 0 Å². The third-order valence-electron chi connectivity index (χ3n) is 2.45. The van der Waals surface area contributed by atoms with Crippen LogP contribution in [0.25, 0.3) is 0 Å². The Morgan fingerprint density at radius 2 is 1.50 bits per heavy atom. The van der Waals surface area contributed by atoms with Crippen molar-refractivity contribution in [2.24, 2.45) is 0 Å². The Kier molecular flexibility index (Phi) is 1.18. The van der Waals surface area contributed by atoms with Crippen LogP contribution in [0.15, 0.2) is 46.2 Å². The first-order chi connectivity index (χ1) is 10.1. The largest absolute Gasteiger partial charge is 0.354 e. The van der Waals surface area contributed by atoms with E-state index in [4.69, 9.17) is 8.22 Å². The molecule has 0 aromatic heterocycles. The lowest BCUT2D eigenvalue weighted by molar-refractivity contribution is 1.27. The second kappa shape index (κ2) is 3.56. The van der Waals surface area contributed by atoms with Gasteiger partial charge in [-0.1, -0.05) is 23.9 Å². The van der Waals surface area contributed by atoms with Gasteiger partial charge in [-0.25, -0.2) is 0 Å². The minimum absolute atomic E-state index is 0.274. The molecule has 1 aliphatic rings. The Morgan fingerprint density at radius 1 is 0.938 bits per heavy atom. The molecule has 0 bridgehead atoms.